The molecule has 10 nitrogen and oxygen atoms in total. The number of pyridine rings is 1. The fraction of sp³-hybridized carbons (Fsp3) is 0.226. The van der Waals surface area contributed by atoms with Gasteiger partial charge in [0.2, 0.25) is 5.91 Å². The molecule has 0 saturated carbocycles. The SMILES string of the molecule is Cc1cc(-c2cc(Cl)ccc2OCCn2c(C)nc3cc(Cl)c(N4CCCC4=O)c(C#N)c3c2=O)c2scc(C(=O)O)c2n1. The van der Waals surface area contributed by atoms with Crippen LogP contribution in [-0.4, -0.2) is 44.7 Å². The minimum absolute atomic E-state index is 0.0173. The summed E-state index contributed by atoms with van der Waals surface area (Å²) in [5, 5.41) is 22.0. The Hall–Kier alpha value is -4.50. The van der Waals surface area contributed by atoms with Crippen molar-refractivity contribution < 1.29 is 19.4 Å². The molecule has 0 radical (unpaired) electrons. The smallest absolute Gasteiger partial charge is 0.338 e. The maximum atomic E-state index is 13.8. The predicted octanol–water partition coefficient (Wildman–Crippen LogP) is 6.37. The van der Waals surface area contributed by atoms with Gasteiger partial charge in [-0.2, -0.15) is 5.26 Å². The highest BCUT2D eigenvalue weighted by atomic mass is 35.5. The zero-order valence-electron chi connectivity index (χ0n) is 23.5. The number of anilines is 1. The molecule has 1 aliphatic rings. The molecule has 13 heteroatoms. The normalized spacial score (nSPS) is 13.2. The van der Waals surface area contributed by atoms with Gasteiger partial charge in [0.05, 0.1) is 49.5 Å². The van der Waals surface area contributed by atoms with Crippen molar-refractivity contribution in [2.24, 2.45) is 0 Å². The fourth-order valence-corrected chi connectivity index (χ4v) is 7.03. The van der Waals surface area contributed by atoms with Crippen LogP contribution < -0.4 is 15.2 Å². The molecule has 1 saturated heterocycles. The molecule has 0 atom stereocenters. The van der Waals surface area contributed by atoms with Crippen molar-refractivity contribution in [1.29, 1.82) is 5.26 Å². The van der Waals surface area contributed by atoms with E-state index in [0.717, 1.165) is 5.56 Å². The van der Waals surface area contributed by atoms with Gasteiger partial charge in [-0.25, -0.2) is 9.78 Å². The summed E-state index contributed by atoms with van der Waals surface area (Å²) in [7, 11) is 0. The molecule has 0 spiro atoms. The van der Waals surface area contributed by atoms with Gasteiger partial charge in [-0.1, -0.05) is 23.2 Å². The number of halogens is 2. The van der Waals surface area contributed by atoms with Crippen LogP contribution >= 0.6 is 34.5 Å². The summed E-state index contributed by atoms with van der Waals surface area (Å²) < 4.78 is 8.30. The summed E-state index contributed by atoms with van der Waals surface area (Å²) in [4.78, 5) is 48.5. The number of rotatable bonds is 7. The van der Waals surface area contributed by atoms with Crippen molar-refractivity contribution in [2.75, 3.05) is 18.1 Å². The second-order valence-corrected chi connectivity index (χ2v) is 12.0. The second-order valence-electron chi connectivity index (χ2n) is 10.3. The molecule has 222 valence electrons. The number of hydrogen-bond donors (Lipinski definition) is 1. The third-order valence-corrected chi connectivity index (χ3v) is 9.03. The number of aryl methyl sites for hydroxylation is 2. The van der Waals surface area contributed by atoms with E-state index >= 15 is 0 Å². The number of aromatic nitrogens is 3. The molecule has 0 unspecified atom stereocenters. The molecular weight excluding hydrogens is 625 g/mol. The molecule has 0 bridgehead atoms. The molecule has 6 rings (SSSR count). The first-order valence-electron chi connectivity index (χ1n) is 13.6. The quantitative estimate of drug-likeness (QED) is 0.215. The Morgan fingerprint density at radius 3 is 2.66 bits per heavy atom. The van der Waals surface area contributed by atoms with Gasteiger partial charge < -0.3 is 14.7 Å². The summed E-state index contributed by atoms with van der Waals surface area (Å²) in [6.07, 6.45) is 0.980. The topological polar surface area (TPSA) is 138 Å². The summed E-state index contributed by atoms with van der Waals surface area (Å²) in [6, 6.07) is 10.6. The van der Waals surface area contributed by atoms with E-state index < -0.39 is 11.5 Å². The third kappa shape index (κ3) is 5.05. The Morgan fingerprint density at radius 1 is 1.16 bits per heavy atom. The zero-order valence-corrected chi connectivity index (χ0v) is 25.8. The molecule has 0 aliphatic carbocycles. The van der Waals surface area contributed by atoms with E-state index in [0.29, 0.717) is 57.5 Å². The highest BCUT2D eigenvalue weighted by Gasteiger charge is 2.29. The van der Waals surface area contributed by atoms with Crippen LogP contribution in [0, 0.1) is 25.2 Å². The van der Waals surface area contributed by atoms with Crippen molar-refractivity contribution in [3.8, 4) is 22.9 Å². The number of benzene rings is 2. The highest BCUT2D eigenvalue weighted by Crippen LogP contribution is 2.40. The van der Waals surface area contributed by atoms with Crippen molar-refractivity contribution in [1.82, 2.24) is 14.5 Å². The molecule has 5 aromatic rings. The lowest BCUT2D eigenvalue weighted by Gasteiger charge is -2.20. The Bertz CT molecular complexity index is 2140. The molecule has 4 heterocycles. The zero-order chi connectivity index (χ0) is 31.3. The van der Waals surface area contributed by atoms with Crippen LogP contribution in [0.1, 0.15) is 40.3 Å². The summed E-state index contributed by atoms with van der Waals surface area (Å²) in [6.45, 7) is 4.05. The van der Waals surface area contributed by atoms with Crippen molar-refractivity contribution in [2.45, 2.75) is 33.2 Å². The number of carbonyl (C=O) groups is 2. The van der Waals surface area contributed by atoms with Crippen LogP contribution in [0.15, 0.2) is 40.5 Å². The summed E-state index contributed by atoms with van der Waals surface area (Å²) in [5.74, 6) is -0.337. The van der Waals surface area contributed by atoms with Crippen LogP contribution in [0.4, 0.5) is 5.69 Å². The number of carboxylic acid groups (broad SMARTS) is 1. The van der Waals surface area contributed by atoms with Crippen LogP contribution in [0.2, 0.25) is 10.0 Å². The Morgan fingerprint density at radius 2 is 1.95 bits per heavy atom. The molecule has 1 fully saturated rings. The van der Waals surface area contributed by atoms with E-state index in [9.17, 15) is 24.8 Å². The first-order chi connectivity index (χ1) is 21.1. The number of hydrogen-bond acceptors (Lipinski definition) is 8. The molecule has 1 N–H and O–H groups in total. The van der Waals surface area contributed by atoms with Crippen molar-refractivity contribution in [3.63, 3.8) is 0 Å². The first-order valence-corrected chi connectivity index (χ1v) is 15.2. The van der Waals surface area contributed by atoms with Gasteiger partial charge >= 0.3 is 5.97 Å². The van der Waals surface area contributed by atoms with E-state index in [1.807, 2.05) is 6.07 Å². The minimum Gasteiger partial charge on any atom is -0.491 e. The number of ether oxygens (including phenoxy) is 1. The third-order valence-electron chi connectivity index (χ3n) is 7.51. The molecule has 2 aromatic carbocycles. The fourth-order valence-electron chi connectivity index (χ4n) is 5.54. The number of carboxylic acids is 1. The average Bonchev–Trinajstić information content (AvgIpc) is 3.60. The standard InChI is InChI=1S/C31H23Cl2N5O5S/c1-15-10-19(29-27(35-15)21(14-44-29)31(41)42)18-11-17(32)5-6-24(18)43-9-8-37-16(2)36-23-12-22(33)28(38-7-3-4-25(38)39)20(13-34)26(23)30(37)40/h5-6,10-12,14H,3-4,7-9H2,1-2H3,(H,41,42). The number of thiophene rings is 1. The van der Waals surface area contributed by atoms with Crippen LogP contribution in [0.5, 0.6) is 5.75 Å². The lowest BCUT2D eigenvalue weighted by molar-refractivity contribution is -0.117. The minimum atomic E-state index is -1.06. The lowest BCUT2D eigenvalue weighted by atomic mass is 10.0. The monoisotopic (exact) mass is 647 g/mol. The molecular formula is C31H23Cl2N5O5S. The maximum Gasteiger partial charge on any atom is 0.338 e. The maximum absolute atomic E-state index is 13.8. The van der Waals surface area contributed by atoms with Crippen molar-refractivity contribution in [3.05, 3.63) is 78.8 Å². The van der Waals surface area contributed by atoms with Crippen LogP contribution in [0.3, 0.4) is 0 Å². The van der Waals surface area contributed by atoms with Gasteiger partial charge in [0.15, 0.2) is 0 Å². The van der Waals surface area contributed by atoms with E-state index in [1.54, 1.807) is 37.4 Å². The van der Waals surface area contributed by atoms with Gasteiger partial charge in [-0.3, -0.25) is 19.1 Å². The van der Waals surface area contributed by atoms with Gasteiger partial charge in [0, 0.05) is 40.2 Å². The summed E-state index contributed by atoms with van der Waals surface area (Å²) in [5.41, 5.74) is 2.59. The van der Waals surface area contributed by atoms with E-state index in [1.165, 1.54) is 26.9 Å². The number of nitrogens with zero attached hydrogens (tertiary/aromatic N) is 5. The number of aromatic carboxylic acids is 1. The number of nitriles is 1. The van der Waals surface area contributed by atoms with Gasteiger partial charge in [-0.15, -0.1) is 11.3 Å². The molecule has 3 aromatic heterocycles. The summed E-state index contributed by atoms with van der Waals surface area (Å²) >= 11 is 14.2. The average molecular weight is 649 g/mol. The van der Waals surface area contributed by atoms with E-state index in [2.05, 4.69) is 16.0 Å². The number of fused-ring (bicyclic) bond motifs is 2. The van der Waals surface area contributed by atoms with Gasteiger partial charge in [0.1, 0.15) is 24.3 Å². The Labute approximate surface area is 264 Å². The van der Waals surface area contributed by atoms with Crippen LogP contribution in [0.25, 0.3) is 32.2 Å². The molecule has 1 aliphatic heterocycles. The van der Waals surface area contributed by atoms with Crippen LogP contribution in [-0.2, 0) is 11.3 Å². The molecule has 1 amide bonds. The number of carbonyl (C=O) groups excluding carboxylic acids is 1. The van der Waals surface area contributed by atoms with E-state index in [-0.39, 0.29) is 51.8 Å². The highest BCUT2D eigenvalue weighted by molar-refractivity contribution is 7.18. The van der Waals surface area contributed by atoms with Gasteiger partial charge in [0.25, 0.3) is 5.56 Å². The Balaban J connectivity index is 1.37. The van der Waals surface area contributed by atoms with Gasteiger partial charge in [-0.05, 0) is 50.6 Å². The second kappa shape index (κ2) is 11.5. The Kier molecular flexibility index (Phi) is 7.75. The lowest BCUT2D eigenvalue weighted by Crippen LogP contribution is -2.29. The molecule has 44 heavy (non-hydrogen) atoms. The largest absolute Gasteiger partial charge is 0.491 e. The predicted molar refractivity (Wildman–Crippen MR) is 169 cm³/mol. The first kappa shape index (κ1) is 29.6. The van der Waals surface area contributed by atoms with E-state index in [4.69, 9.17) is 27.9 Å². The number of amides is 1. The van der Waals surface area contributed by atoms with Crippen molar-refractivity contribution >= 4 is 73.2 Å².